The van der Waals surface area contributed by atoms with Crippen molar-refractivity contribution in [3.8, 4) is 0 Å². The lowest BCUT2D eigenvalue weighted by Gasteiger charge is -2.30. The molecule has 98 valence electrons. The van der Waals surface area contributed by atoms with Gasteiger partial charge in [-0.2, -0.15) is 0 Å². The van der Waals surface area contributed by atoms with E-state index in [2.05, 4.69) is 15.2 Å². The highest BCUT2D eigenvalue weighted by molar-refractivity contribution is 5.92. The minimum atomic E-state index is 0.182. The molecule has 0 spiro atoms. The summed E-state index contributed by atoms with van der Waals surface area (Å²) in [6.45, 7) is 3.13. The van der Waals surface area contributed by atoms with Crippen LogP contribution in [0.3, 0.4) is 0 Å². The fourth-order valence-electron chi connectivity index (χ4n) is 2.74. The molecule has 0 atom stereocenters. The number of piperidine rings is 1. The van der Waals surface area contributed by atoms with E-state index < -0.39 is 0 Å². The third kappa shape index (κ3) is 2.58. The molecule has 0 radical (unpaired) electrons. The number of amides is 1. The van der Waals surface area contributed by atoms with E-state index in [9.17, 15) is 4.79 Å². The van der Waals surface area contributed by atoms with Gasteiger partial charge in [0, 0.05) is 18.8 Å². The van der Waals surface area contributed by atoms with Crippen LogP contribution >= 0.6 is 0 Å². The maximum atomic E-state index is 12.4. The predicted molar refractivity (Wildman–Crippen MR) is 70.4 cm³/mol. The summed E-state index contributed by atoms with van der Waals surface area (Å²) in [6.07, 6.45) is 6.57. The molecule has 1 saturated carbocycles. The third-order valence-electron chi connectivity index (χ3n) is 3.99. The van der Waals surface area contributed by atoms with Crippen molar-refractivity contribution in [1.82, 2.24) is 15.2 Å². The molecule has 2 heterocycles. The minimum absolute atomic E-state index is 0.182. The molecule has 3 rings (SSSR count). The van der Waals surface area contributed by atoms with Crippen molar-refractivity contribution in [3.63, 3.8) is 0 Å². The Balaban J connectivity index is 1.66. The van der Waals surface area contributed by atoms with Crippen molar-refractivity contribution < 1.29 is 4.79 Å². The zero-order valence-electron chi connectivity index (χ0n) is 10.7. The quantitative estimate of drug-likeness (QED) is 0.849. The second kappa shape index (κ2) is 5.14. The highest BCUT2D eigenvalue weighted by Crippen LogP contribution is 2.30. The molecular formula is C14H21N3O. The number of hydrogen-bond donors (Lipinski definition) is 2. The average molecular weight is 247 g/mol. The van der Waals surface area contributed by atoms with Gasteiger partial charge in [0.15, 0.2) is 0 Å². The number of nitrogens with one attached hydrogen (secondary N) is 2. The lowest BCUT2D eigenvalue weighted by Crippen LogP contribution is -2.40. The summed E-state index contributed by atoms with van der Waals surface area (Å²) in [4.78, 5) is 17.6. The van der Waals surface area contributed by atoms with E-state index in [1.165, 1.54) is 25.7 Å². The SMILES string of the molecule is O=C(c1ccc[nH]1)N(CC1CCNCC1)C1CC1. The molecule has 4 heteroatoms. The first-order valence-corrected chi connectivity index (χ1v) is 6.99. The van der Waals surface area contributed by atoms with Crippen LogP contribution in [0, 0.1) is 5.92 Å². The van der Waals surface area contributed by atoms with Crippen LogP contribution in [0.1, 0.15) is 36.2 Å². The Bertz CT molecular complexity index is 391. The second-order valence-corrected chi connectivity index (χ2v) is 5.47. The Morgan fingerprint density at radius 3 is 2.67 bits per heavy atom. The van der Waals surface area contributed by atoms with E-state index in [1.807, 2.05) is 18.3 Å². The molecule has 1 aromatic rings. The van der Waals surface area contributed by atoms with Gasteiger partial charge in [-0.3, -0.25) is 4.79 Å². The van der Waals surface area contributed by atoms with Gasteiger partial charge in [0.25, 0.3) is 5.91 Å². The first-order valence-electron chi connectivity index (χ1n) is 6.99. The molecular weight excluding hydrogens is 226 g/mol. The summed E-state index contributed by atoms with van der Waals surface area (Å²) < 4.78 is 0. The van der Waals surface area contributed by atoms with Gasteiger partial charge in [-0.1, -0.05) is 0 Å². The van der Waals surface area contributed by atoms with Crippen LogP contribution < -0.4 is 5.32 Å². The molecule has 1 aliphatic heterocycles. The zero-order chi connectivity index (χ0) is 12.4. The van der Waals surface area contributed by atoms with Crippen LogP contribution in [-0.2, 0) is 0 Å². The summed E-state index contributed by atoms with van der Waals surface area (Å²) in [5.74, 6) is 0.854. The standard InChI is InChI=1S/C14H21N3O/c18-14(13-2-1-7-16-13)17(12-3-4-12)10-11-5-8-15-9-6-11/h1-2,7,11-12,15-16H,3-6,8-10H2. The topological polar surface area (TPSA) is 48.1 Å². The van der Waals surface area contributed by atoms with Gasteiger partial charge in [-0.15, -0.1) is 0 Å². The summed E-state index contributed by atoms with van der Waals surface area (Å²) in [6, 6.07) is 4.26. The number of H-pyrrole nitrogens is 1. The van der Waals surface area contributed by atoms with Gasteiger partial charge >= 0.3 is 0 Å². The summed E-state index contributed by atoms with van der Waals surface area (Å²) in [7, 11) is 0. The van der Waals surface area contributed by atoms with Gasteiger partial charge in [-0.05, 0) is 56.8 Å². The molecule has 0 unspecified atom stereocenters. The predicted octanol–water partition coefficient (Wildman–Crippen LogP) is 1.62. The van der Waals surface area contributed by atoms with E-state index in [-0.39, 0.29) is 5.91 Å². The first kappa shape index (κ1) is 11.8. The first-order chi connectivity index (χ1) is 8.84. The van der Waals surface area contributed by atoms with Crippen LogP contribution in [0.4, 0.5) is 0 Å². The van der Waals surface area contributed by atoms with Crippen LogP contribution in [0.5, 0.6) is 0 Å². The Labute approximate surface area is 108 Å². The molecule has 18 heavy (non-hydrogen) atoms. The van der Waals surface area contributed by atoms with Gasteiger partial charge in [0.05, 0.1) is 0 Å². The van der Waals surface area contributed by atoms with Crippen molar-refractivity contribution in [2.45, 2.75) is 31.7 Å². The monoisotopic (exact) mass is 247 g/mol. The number of carbonyl (C=O) groups is 1. The Morgan fingerprint density at radius 1 is 1.28 bits per heavy atom. The molecule has 2 fully saturated rings. The van der Waals surface area contributed by atoms with Gasteiger partial charge in [0.1, 0.15) is 5.69 Å². The van der Waals surface area contributed by atoms with Crippen molar-refractivity contribution >= 4 is 5.91 Å². The van der Waals surface area contributed by atoms with Gasteiger partial charge in [-0.25, -0.2) is 0 Å². The Kier molecular flexibility index (Phi) is 3.37. The molecule has 4 nitrogen and oxygen atoms in total. The van der Waals surface area contributed by atoms with E-state index in [0.29, 0.717) is 12.0 Å². The van der Waals surface area contributed by atoms with Crippen molar-refractivity contribution in [3.05, 3.63) is 24.0 Å². The largest absolute Gasteiger partial charge is 0.357 e. The molecule has 0 bridgehead atoms. The van der Waals surface area contributed by atoms with Gasteiger partial charge in [0.2, 0.25) is 0 Å². The normalized spacial score (nSPS) is 20.9. The van der Waals surface area contributed by atoms with Crippen LogP contribution in [-0.4, -0.2) is 41.5 Å². The second-order valence-electron chi connectivity index (χ2n) is 5.47. The maximum Gasteiger partial charge on any atom is 0.270 e. The van der Waals surface area contributed by atoms with E-state index in [0.717, 1.165) is 25.3 Å². The maximum absolute atomic E-state index is 12.4. The summed E-state index contributed by atoms with van der Waals surface area (Å²) in [5.41, 5.74) is 0.732. The average Bonchev–Trinajstić information content (AvgIpc) is 3.10. The Hall–Kier alpha value is -1.29. The number of nitrogens with zero attached hydrogens (tertiary/aromatic N) is 1. The number of rotatable bonds is 4. The van der Waals surface area contributed by atoms with Crippen molar-refractivity contribution in [2.24, 2.45) is 5.92 Å². The van der Waals surface area contributed by atoms with Crippen LogP contribution in [0.2, 0.25) is 0 Å². The number of aromatic amines is 1. The number of aromatic nitrogens is 1. The smallest absolute Gasteiger partial charge is 0.270 e. The van der Waals surface area contributed by atoms with Crippen molar-refractivity contribution in [1.29, 1.82) is 0 Å². The lowest BCUT2D eigenvalue weighted by molar-refractivity contribution is 0.0696. The molecule has 0 aromatic carbocycles. The fraction of sp³-hybridized carbons (Fsp3) is 0.643. The molecule has 1 amide bonds. The highest BCUT2D eigenvalue weighted by Gasteiger charge is 2.34. The summed E-state index contributed by atoms with van der Waals surface area (Å²) >= 11 is 0. The van der Waals surface area contributed by atoms with E-state index in [4.69, 9.17) is 0 Å². The van der Waals surface area contributed by atoms with Crippen molar-refractivity contribution in [2.75, 3.05) is 19.6 Å². The van der Waals surface area contributed by atoms with Crippen LogP contribution in [0.15, 0.2) is 18.3 Å². The van der Waals surface area contributed by atoms with E-state index >= 15 is 0 Å². The molecule has 2 aliphatic rings. The molecule has 1 saturated heterocycles. The van der Waals surface area contributed by atoms with Crippen LogP contribution in [0.25, 0.3) is 0 Å². The highest BCUT2D eigenvalue weighted by atomic mass is 16.2. The van der Waals surface area contributed by atoms with E-state index in [1.54, 1.807) is 0 Å². The number of hydrogen-bond acceptors (Lipinski definition) is 2. The molecule has 1 aromatic heterocycles. The fourth-order valence-corrected chi connectivity index (χ4v) is 2.74. The molecule has 2 N–H and O–H groups in total. The minimum Gasteiger partial charge on any atom is -0.357 e. The van der Waals surface area contributed by atoms with Gasteiger partial charge < -0.3 is 15.2 Å². The Morgan fingerprint density at radius 2 is 2.06 bits per heavy atom. The number of carbonyl (C=O) groups excluding carboxylic acids is 1. The zero-order valence-corrected chi connectivity index (χ0v) is 10.7. The third-order valence-corrected chi connectivity index (χ3v) is 3.99. The molecule has 1 aliphatic carbocycles. The summed E-state index contributed by atoms with van der Waals surface area (Å²) in [5, 5.41) is 3.38. The lowest BCUT2D eigenvalue weighted by atomic mass is 9.97.